The van der Waals surface area contributed by atoms with E-state index in [9.17, 15) is 4.79 Å². The molecule has 0 spiro atoms. The molecule has 0 unspecified atom stereocenters. The first-order valence-corrected chi connectivity index (χ1v) is 7.42. The Labute approximate surface area is 117 Å². The second-order valence-corrected chi connectivity index (χ2v) is 5.17. The van der Waals surface area contributed by atoms with Crippen LogP contribution in [0.1, 0.15) is 37.2 Å². The Hall–Kier alpha value is -1.62. The second-order valence-electron chi connectivity index (χ2n) is 4.31. The van der Waals surface area contributed by atoms with E-state index in [4.69, 9.17) is 4.42 Å². The molecular weight excluding hydrogens is 260 g/mol. The average Bonchev–Trinajstić information content (AvgIpc) is 3.08. The van der Waals surface area contributed by atoms with E-state index in [-0.39, 0.29) is 5.91 Å². The van der Waals surface area contributed by atoms with E-state index in [1.807, 2.05) is 17.0 Å². The van der Waals surface area contributed by atoms with Crippen LogP contribution in [0.3, 0.4) is 0 Å². The highest BCUT2D eigenvalue weighted by Crippen LogP contribution is 2.24. The molecule has 0 N–H and O–H groups in total. The molecule has 102 valence electrons. The molecule has 1 amide bonds. The lowest BCUT2D eigenvalue weighted by Gasteiger charge is -2.20. The van der Waals surface area contributed by atoms with E-state index in [1.54, 1.807) is 11.6 Å². The minimum Gasteiger partial charge on any atom is -0.462 e. The van der Waals surface area contributed by atoms with Crippen molar-refractivity contribution in [2.24, 2.45) is 0 Å². The minimum atomic E-state index is 0.0118. The highest BCUT2D eigenvalue weighted by atomic mass is 32.1. The zero-order chi connectivity index (χ0) is 13.7. The topological polar surface area (TPSA) is 46.3 Å². The number of amides is 1. The number of hydrogen-bond donors (Lipinski definition) is 0. The van der Waals surface area contributed by atoms with Gasteiger partial charge in [-0.15, -0.1) is 11.3 Å². The van der Waals surface area contributed by atoms with Crippen LogP contribution >= 0.6 is 11.3 Å². The van der Waals surface area contributed by atoms with E-state index in [2.05, 4.69) is 18.8 Å². The highest BCUT2D eigenvalue weighted by molar-refractivity contribution is 7.13. The summed E-state index contributed by atoms with van der Waals surface area (Å²) in [4.78, 5) is 18.6. The summed E-state index contributed by atoms with van der Waals surface area (Å²) < 4.78 is 5.29. The molecule has 2 rings (SSSR count). The fourth-order valence-electron chi connectivity index (χ4n) is 1.90. The third-order valence-electron chi connectivity index (χ3n) is 2.73. The maximum absolute atomic E-state index is 12.3. The molecule has 0 saturated heterocycles. The van der Waals surface area contributed by atoms with Crippen LogP contribution in [0, 0.1) is 0 Å². The first kappa shape index (κ1) is 13.8. The zero-order valence-electron chi connectivity index (χ0n) is 11.3. The molecule has 0 saturated carbocycles. The summed E-state index contributed by atoms with van der Waals surface area (Å²) in [6.07, 6.45) is 3.53. The van der Waals surface area contributed by atoms with Crippen molar-refractivity contribution < 1.29 is 9.21 Å². The van der Waals surface area contributed by atoms with Gasteiger partial charge in [-0.05, 0) is 25.0 Å². The fraction of sp³-hybridized carbons (Fsp3) is 0.429. The van der Waals surface area contributed by atoms with E-state index < -0.39 is 0 Å². The second kappa shape index (κ2) is 6.52. The quantitative estimate of drug-likeness (QED) is 0.810. The van der Waals surface area contributed by atoms with Crippen molar-refractivity contribution in [2.75, 3.05) is 13.1 Å². The van der Waals surface area contributed by atoms with Crippen molar-refractivity contribution >= 4 is 17.2 Å². The Kier molecular flexibility index (Phi) is 4.74. The van der Waals surface area contributed by atoms with Crippen molar-refractivity contribution in [3.8, 4) is 10.8 Å². The molecular formula is C14H18N2O2S. The molecule has 2 aromatic heterocycles. The molecule has 5 heteroatoms. The summed E-state index contributed by atoms with van der Waals surface area (Å²) in [6.45, 7) is 5.71. The predicted octanol–water partition coefficient (Wildman–Crippen LogP) is 3.67. The first-order chi connectivity index (χ1) is 9.26. The summed E-state index contributed by atoms with van der Waals surface area (Å²) >= 11 is 1.44. The Morgan fingerprint density at radius 1 is 1.37 bits per heavy atom. The van der Waals surface area contributed by atoms with Crippen LogP contribution in [-0.2, 0) is 0 Å². The number of hydrogen-bond acceptors (Lipinski definition) is 4. The normalized spacial score (nSPS) is 10.6. The SMILES string of the molecule is CCCN(CCC)C(=O)c1csc(-c2ccco2)n1. The van der Waals surface area contributed by atoms with Crippen LogP contribution in [0.15, 0.2) is 28.2 Å². The summed E-state index contributed by atoms with van der Waals surface area (Å²) in [7, 11) is 0. The molecule has 0 aromatic carbocycles. The number of thiazole rings is 1. The molecule has 0 atom stereocenters. The van der Waals surface area contributed by atoms with Gasteiger partial charge >= 0.3 is 0 Å². The molecule has 0 radical (unpaired) electrons. The van der Waals surface area contributed by atoms with Crippen LogP contribution in [0.4, 0.5) is 0 Å². The summed E-state index contributed by atoms with van der Waals surface area (Å²) in [6, 6.07) is 3.67. The van der Waals surface area contributed by atoms with Crippen molar-refractivity contribution in [1.82, 2.24) is 9.88 Å². The molecule has 2 heterocycles. The largest absolute Gasteiger partial charge is 0.462 e. The standard InChI is InChI=1S/C14H18N2O2S/c1-3-7-16(8-4-2)14(17)11-10-19-13(15-11)12-6-5-9-18-12/h5-6,9-10H,3-4,7-8H2,1-2H3. The van der Waals surface area contributed by atoms with Gasteiger partial charge in [0.2, 0.25) is 0 Å². The van der Waals surface area contributed by atoms with Gasteiger partial charge < -0.3 is 9.32 Å². The van der Waals surface area contributed by atoms with E-state index in [0.717, 1.165) is 30.9 Å². The lowest BCUT2D eigenvalue weighted by Crippen LogP contribution is -2.32. The number of carbonyl (C=O) groups is 1. The van der Waals surface area contributed by atoms with Gasteiger partial charge in [0.05, 0.1) is 6.26 Å². The van der Waals surface area contributed by atoms with Gasteiger partial charge in [0.1, 0.15) is 5.69 Å². The van der Waals surface area contributed by atoms with Crippen LogP contribution in [0.25, 0.3) is 10.8 Å². The smallest absolute Gasteiger partial charge is 0.273 e. The maximum atomic E-state index is 12.3. The van der Waals surface area contributed by atoms with Gasteiger partial charge in [0, 0.05) is 18.5 Å². The zero-order valence-corrected chi connectivity index (χ0v) is 12.1. The molecule has 19 heavy (non-hydrogen) atoms. The van der Waals surface area contributed by atoms with E-state index in [1.165, 1.54) is 11.3 Å². The van der Waals surface area contributed by atoms with Crippen LogP contribution < -0.4 is 0 Å². The maximum Gasteiger partial charge on any atom is 0.273 e. The molecule has 0 aliphatic carbocycles. The Morgan fingerprint density at radius 2 is 2.11 bits per heavy atom. The highest BCUT2D eigenvalue weighted by Gasteiger charge is 2.18. The third-order valence-corrected chi connectivity index (χ3v) is 3.59. The van der Waals surface area contributed by atoms with Gasteiger partial charge in [-0.2, -0.15) is 0 Å². The lowest BCUT2D eigenvalue weighted by atomic mass is 10.3. The van der Waals surface area contributed by atoms with Crippen molar-refractivity contribution in [3.63, 3.8) is 0 Å². The number of rotatable bonds is 6. The van der Waals surface area contributed by atoms with Gasteiger partial charge in [0.25, 0.3) is 5.91 Å². The van der Waals surface area contributed by atoms with Crippen molar-refractivity contribution in [2.45, 2.75) is 26.7 Å². The molecule has 0 fully saturated rings. The summed E-state index contributed by atoms with van der Waals surface area (Å²) in [5.41, 5.74) is 0.512. The van der Waals surface area contributed by atoms with E-state index in [0.29, 0.717) is 11.5 Å². The van der Waals surface area contributed by atoms with Crippen molar-refractivity contribution in [1.29, 1.82) is 0 Å². The Morgan fingerprint density at radius 3 is 2.68 bits per heavy atom. The summed E-state index contributed by atoms with van der Waals surface area (Å²) in [5, 5.41) is 2.56. The number of nitrogens with zero attached hydrogens (tertiary/aromatic N) is 2. The van der Waals surface area contributed by atoms with Crippen LogP contribution in [0.5, 0.6) is 0 Å². The first-order valence-electron chi connectivity index (χ1n) is 6.55. The fourth-order valence-corrected chi connectivity index (χ4v) is 2.66. The molecule has 4 nitrogen and oxygen atoms in total. The van der Waals surface area contributed by atoms with Crippen LogP contribution in [0.2, 0.25) is 0 Å². The molecule has 0 bridgehead atoms. The van der Waals surface area contributed by atoms with E-state index >= 15 is 0 Å². The number of aromatic nitrogens is 1. The lowest BCUT2D eigenvalue weighted by molar-refractivity contribution is 0.0750. The van der Waals surface area contributed by atoms with Crippen LogP contribution in [-0.4, -0.2) is 28.9 Å². The third kappa shape index (κ3) is 3.23. The number of carbonyl (C=O) groups excluding carboxylic acids is 1. The van der Waals surface area contributed by atoms with Gasteiger partial charge in [-0.25, -0.2) is 4.98 Å². The van der Waals surface area contributed by atoms with Gasteiger partial charge in [0.15, 0.2) is 10.8 Å². The predicted molar refractivity (Wildman–Crippen MR) is 76.3 cm³/mol. The molecule has 0 aliphatic rings. The van der Waals surface area contributed by atoms with Gasteiger partial charge in [-0.1, -0.05) is 13.8 Å². The number of furan rings is 1. The Bertz CT molecular complexity index is 513. The average molecular weight is 278 g/mol. The van der Waals surface area contributed by atoms with Gasteiger partial charge in [-0.3, -0.25) is 4.79 Å². The molecule has 0 aliphatic heterocycles. The Balaban J connectivity index is 2.14. The monoisotopic (exact) mass is 278 g/mol. The minimum absolute atomic E-state index is 0.0118. The molecule has 2 aromatic rings. The summed E-state index contributed by atoms with van der Waals surface area (Å²) in [5.74, 6) is 0.722. The van der Waals surface area contributed by atoms with Crippen molar-refractivity contribution in [3.05, 3.63) is 29.5 Å².